The van der Waals surface area contributed by atoms with Crippen molar-refractivity contribution in [2.24, 2.45) is 7.05 Å². The fourth-order valence-corrected chi connectivity index (χ4v) is 3.82. The lowest BCUT2D eigenvalue weighted by Gasteiger charge is -2.32. The van der Waals surface area contributed by atoms with Crippen LogP contribution >= 0.6 is 0 Å². The quantitative estimate of drug-likeness (QED) is 0.655. The summed E-state index contributed by atoms with van der Waals surface area (Å²) in [6.45, 7) is 2.67. The molecule has 1 saturated heterocycles. The van der Waals surface area contributed by atoms with Crippen LogP contribution in [0.2, 0.25) is 0 Å². The van der Waals surface area contributed by atoms with Gasteiger partial charge in [-0.25, -0.2) is 4.98 Å². The lowest BCUT2D eigenvalue weighted by Crippen LogP contribution is -2.34. The van der Waals surface area contributed by atoms with Gasteiger partial charge in [-0.3, -0.25) is 14.6 Å². The highest BCUT2D eigenvalue weighted by Crippen LogP contribution is 2.32. The van der Waals surface area contributed by atoms with Crippen molar-refractivity contribution in [1.29, 1.82) is 0 Å². The Morgan fingerprint density at radius 3 is 2.79 bits per heavy atom. The molecular formula is C21H22F3N5. The first kappa shape index (κ1) is 19.6. The molecule has 1 aromatic carbocycles. The molecule has 1 fully saturated rings. The van der Waals surface area contributed by atoms with Gasteiger partial charge < -0.3 is 0 Å². The number of rotatable bonds is 4. The van der Waals surface area contributed by atoms with Crippen LogP contribution in [0.3, 0.4) is 0 Å². The summed E-state index contributed by atoms with van der Waals surface area (Å²) in [5, 5.41) is 4.22. The molecular weight excluding hydrogens is 379 g/mol. The third-order valence-electron chi connectivity index (χ3n) is 5.23. The van der Waals surface area contributed by atoms with E-state index < -0.39 is 11.7 Å². The van der Waals surface area contributed by atoms with Crippen LogP contribution in [0.4, 0.5) is 13.2 Å². The molecule has 0 amide bonds. The van der Waals surface area contributed by atoms with Crippen LogP contribution in [0.15, 0.2) is 49.1 Å². The van der Waals surface area contributed by atoms with Crippen LogP contribution < -0.4 is 0 Å². The second kappa shape index (κ2) is 7.94. The Labute approximate surface area is 167 Å². The van der Waals surface area contributed by atoms with Crippen LogP contribution in [0.25, 0.3) is 11.3 Å². The SMILES string of the molecule is Cn1cc(CN2CCC[C@H](c3cncc(-c4cccc(C(F)(F)F)c4)n3)C2)cn1. The maximum absolute atomic E-state index is 13.0. The van der Waals surface area contributed by atoms with Gasteiger partial charge in [-0.05, 0) is 31.5 Å². The van der Waals surface area contributed by atoms with E-state index in [1.54, 1.807) is 16.9 Å². The highest BCUT2D eigenvalue weighted by Gasteiger charge is 2.30. The number of hydrogen-bond donors (Lipinski definition) is 0. The van der Waals surface area contributed by atoms with Gasteiger partial charge in [0, 0.05) is 49.6 Å². The molecule has 1 aliphatic rings. The van der Waals surface area contributed by atoms with Crippen molar-refractivity contribution in [2.45, 2.75) is 31.5 Å². The van der Waals surface area contributed by atoms with E-state index >= 15 is 0 Å². The van der Waals surface area contributed by atoms with Crippen LogP contribution in [0.5, 0.6) is 0 Å². The van der Waals surface area contributed by atoms with Gasteiger partial charge >= 0.3 is 6.18 Å². The Hall–Kier alpha value is -2.74. The Kier molecular flexibility index (Phi) is 5.36. The molecule has 29 heavy (non-hydrogen) atoms. The summed E-state index contributed by atoms with van der Waals surface area (Å²) in [5.41, 5.74) is 2.21. The molecule has 0 spiro atoms. The molecule has 0 aliphatic carbocycles. The van der Waals surface area contributed by atoms with Crippen LogP contribution in [-0.4, -0.2) is 37.7 Å². The molecule has 0 bridgehead atoms. The number of nitrogens with zero attached hydrogens (tertiary/aromatic N) is 5. The molecule has 4 rings (SSSR count). The van der Waals surface area contributed by atoms with E-state index in [9.17, 15) is 13.2 Å². The van der Waals surface area contributed by atoms with E-state index in [2.05, 4.69) is 20.0 Å². The molecule has 3 heterocycles. The average molecular weight is 401 g/mol. The molecule has 8 heteroatoms. The summed E-state index contributed by atoms with van der Waals surface area (Å²) in [6, 6.07) is 5.24. The highest BCUT2D eigenvalue weighted by molar-refractivity contribution is 5.59. The van der Waals surface area contributed by atoms with Crippen molar-refractivity contribution in [3.05, 3.63) is 65.9 Å². The predicted molar refractivity (Wildman–Crippen MR) is 103 cm³/mol. The monoisotopic (exact) mass is 401 g/mol. The fourth-order valence-electron chi connectivity index (χ4n) is 3.82. The van der Waals surface area contributed by atoms with Crippen LogP contribution in [0, 0.1) is 0 Å². The molecule has 2 aromatic heterocycles. The van der Waals surface area contributed by atoms with Crippen molar-refractivity contribution in [1.82, 2.24) is 24.6 Å². The molecule has 1 atom stereocenters. The third kappa shape index (κ3) is 4.64. The zero-order valence-electron chi connectivity index (χ0n) is 16.1. The predicted octanol–water partition coefficient (Wildman–Crippen LogP) is 4.28. The van der Waals surface area contributed by atoms with E-state index in [0.717, 1.165) is 55.9 Å². The van der Waals surface area contributed by atoms with Gasteiger partial charge in [0.05, 0.1) is 29.3 Å². The molecule has 0 saturated carbocycles. The molecule has 5 nitrogen and oxygen atoms in total. The van der Waals surface area contributed by atoms with E-state index in [1.165, 1.54) is 12.3 Å². The van der Waals surface area contributed by atoms with Crippen molar-refractivity contribution in [3.63, 3.8) is 0 Å². The van der Waals surface area contributed by atoms with Gasteiger partial charge in [0.1, 0.15) is 0 Å². The van der Waals surface area contributed by atoms with Gasteiger partial charge in [-0.1, -0.05) is 12.1 Å². The number of piperidine rings is 1. The minimum Gasteiger partial charge on any atom is -0.298 e. The minimum atomic E-state index is -4.38. The first-order valence-electron chi connectivity index (χ1n) is 9.58. The van der Waals surface area contributed by atoms with Crippen molar-refractivity contribution < 1.29 is 13.2 Å². The van der Waals surface area contributed by atoms with Gasteiger partial charge in [0.25, 0.3) is 0 Å². The lowest BCUT2D eigenvalue weighted by atomic mass is 9.94. The van der Waals surface area contributed by atoms with E-state index in [4.69, 9.17) is 0 Å². The Morgan fingerprint density at radius 2 is 2.03 bits per heavy atom. The minimum absolute atomic E-state index is 0.207. The molecule has 1 aliphatic heterocycles. The number of benzene rings is 1. The molecule has 0 N–H and O–H groups in total. The van der Waals surface area contributed by atoms with Crippen molar-refractivity contribution in [3.8, 4) is 11.3 Å². The van der Waals surface area contributed by atoms with Gasteiger partial charge in [0.2, 0.25) is 0 Å². The summed E-state index contributed by atoms with van der Waals surface area (Å²) in [6.07, 6.45) is 4.79. The molecule has 0 unspecified atom stereocenters. The van der Waals surface area contributed by atoms with Crippen molar-refractivity contribution in [2.75, 3.05) is 13.1 Å². The third-order valence-corrected chi connectivity index (χ3v) is 5.23. The van der Waals surface area contributed by atoms with E-state index in [0.29, 0.717) is 11.3 Å². The summed E-state index contributed by atoms with van der Waals surface area (Å²) in [4.78, 5) is 11.3. The second-order valence-electron chi connectivity index (χ2n) is 7.50. The number of likely N-dealkylation sites (tertiary alicyclic amines) is 1. The number of alkyl halides is 3. The van der Waals surface area contributed by atoms with Crippen LogP contribution in [0.1, 0.15) is 35.6 Å². The average Bonchev–Trinajstić information content (AvgIpc) is 3.12. The lowest BCUT2D eigenvalue weighted by molar-refractivity contribution is -0.137. The number of aromatic nitrogens is 4. The summed E-state index contributed by atoms with van der Waals surface area (Å²) in [5.74, 6) is 0.207. The number of aryl methyl sites for hydroxylation is 1. The number of halogens is 3. The Balaban J connectivity index is 1.52. The van der Waals surface area contributed by atoms with E-state index in [-0.39, 0.29) is 5.92 Å². The molecule has 0 radical (unpaired) electrons. The van der Waals surface area contributed by atoms with Crippen molar-refractivity contribution >= 4 is 0 Å². The summed E-state index contributed by atoms with van der Waals surface area (Å²) >= 11 is 0. The van der Waals surface area contributed by atoms with Crippen LogP contribution in [-0.2, 0) is 19.8 Å². The summed E-state index contributed by atoms with van der Waals surface area (Å²) in [7, 11) is 1.90. The Bertz CT molecular complexity index is 982. The zero-order valence-corrected chi connectivity index (χ0v) is 16.1. The van der Waals surface area contributed by atoms with Gasteiger partial charge in [-0.2, -0.15) is 18.3 Å². The topological polar surface area (TPSA) is 46.8 Å². The first-order valence-corrected chi connectivity index (χ1v) is 9.58. The normalized spacial score (nSPS) is 18.1. The fraction of sp³-hybridized carbons (Fsp3) is 0.381. The second-order valence-corrected chi connectivity index (χ2v) is 7.50. The molecule has 3 aromatic rings. The van der Waals surface area contributed by atoms with Gasteiger partial charge in [0.15, 0.2) is 0 Å². The zero-order chi connectivity index (χ0) is 20.4. The summed E-state index contributed by atoms with van der Waals surface area (Å²) < 4.78 is 40.9. The molecule has 152 valence electrons. The largest absolute Gasteiger partial charge is 0.416 e. The smallest absolute Gasteiger partial charge is 0.298 e. The maximum Gasteiger partial charge on any atom is 0.416 e. The first-order chi connectivity index (χ1) is 13.9. The van der Waals surface area contributed by atoms with Gasteiger partial charge in [-0.15, -0.1) is 0 Å². The Morgan fingerprint density at radius 1 is 1.17 bits per heavy atom. The highest BCUT2D eigenvalue weighted by atomic mass is 19.4. The number of hydrogen-bond acceptors (Lipinski definition) is 4. The maximum atomic E-state index is 13.0. The van der Waals surface area contributed by atoms with E-state index in [1.807, 2.05) is 19.4 Å². The standard InChI is InChI=1S/C21H22F3N5/c1-28-12-15(9-26-28)13-29-7-3-5-17(14-29)20-11-25-10-19(27-20)16-4-2-6-18(8-16)21(22,23)24/h2,4,6,8-12,17H,3,5,7,13-14H2,1H3/t17-/m0/s1.